The molecule has 180 valence electrons. The monoisotopic (exact) mass is 479 g/mol. The van der Waals surface area contributed by atoms with E-state index in [1.807, 2.05) is 85.8 Å². The molecule has 6 heteroatoms. The molecule has 0 saturated heterocycles. The van der Waals surface area contributed by atoms with Crippen molar-refractivity contribution in [2.75, 3.05) is 14.2 Å². The molecule has 0 heterocycles. The van der Waals surface area contributed by atoms with Gasteiger partial charge in [0.05, 0.1) is 14.2 Å². The van der Waals surface area contributed by atoms with Crippen molar-refractivity contribution in [2.24, 2.45) is 5.92 Å². The molecule has 3 rings (SSSR count). The fourth-order valence-electron chi connectivity index (χ4n) is 4.09. The van der Waals surface area contributed by atoms with Crippen LogP contribution in [0, 0.1) is 5.92 Å². The number of benzene rings is 3. The number of rotatable bonds is 12. The summed E-state index contributed by atoms with van der Waals surface area (Å²) < 4.78 is 40.6. The number of hydrogen-bond donors (Lipinski definition) is 0. The Morgan fingerprint density at radius 2 is 1.29 bits per heavy atom. The number of nitrogens with zero attached hydrogens (tertiary/aromatic N) is 1. The van der Waals surface area contributed by atoms with Crippen LogP contribution in [0.2, 0.25) is 0 Å². The van der Waals surface area contributed by atoms with E-state index < -0.39 is 15.3 Å². The van der Waals surface area contributed by atoms with Gasteiger partial charge in [0, 0.05) is 13.1 Å². The SMILES string of the molecule is C=CC[C@H](C)[C@@H](c1ccccc1)S(=O)(=O)N(Cc1ccc(OC)cc1)Cc1ccc(OC)cc1. The Kier molecular flexibility index (Phi) is 8.91. The molecule has 0 aliphatic carbocycles. The highest BCUT2D eigenvalue weighted by atomic mass is 32.2. The molecule has 2 atom stereocenters. The van der Waals surface area contributed by atoms with Gasteiger partial charge in [-0.25, -0.2) is 8.42 Å². The number of methoxy groups -OCH3 is 2. The molecule has 0 N–H and O–H groups in total. The molecule has 0 spiro atoms. The number of allylic oxidation sites excluding steroid dienone is 1. The van der Waals surface area contributed by atoms with Crippen LogP contribution in [0.4, 0.5) is 0 Å². The summed E-state index contributed by atoms with van der Waals surface area (Å²) in [6.45, 7) is 6.31. The predicted molar refractivity (Wildman–Crippen MR) is 137 cm³/mol. The number of hydrogen-bond acceptors (Lipinski definition) is 4. The van der Waals surface area contributed by atoms with Crippen LogP contribution in [0.5, 0.6) is 11.5 Å². The van der Waals surface area contributed by atoms with E-state index in [4.69, 9.17) is 9.47 Å². The van der Waals surface area contributed by atoms with E-state index in [0.29, 0.717) is 6.42 Å². The second-order valence-corrected chi connectivity index (χ2v) is 10.4. The normalized spacial score (nSPS) is 13.3. The first-order chi connectivity index (χ1) is 16.4. The van der Waals surface area contributed by atoms with Crippen LogP contribution >= 0.6 is 0 Å². The van der Waals surface area contributed by atoms with Crippen molar-refractivity contribution >= 4 is 10.0 Å². The van der Waals surface area contributed by atoms with E-state index in [-0.39, 0.29) is 19.0 Å². The van der Waals surface area contributed by atoms with Gasteiger partial charge in [0.1, 0.15) is 16.7 Å². The summed E-state index contributed by atoms with van der Waals surface area (Å²) in [6, 6.07) is 24.5. The maximum atomic E-state index is 14.2. The third-order valence-electron chi connectivity index (χ3n) is 5.90. The van der Waals surface area contributed by atoms with Gasteiger partial charge in [-0.1, -0.05) is 67.6 Å². The number of sulfonamides is 1. The Morgan fingerprint density at radius 1 is 0.824 bits per heavy atom. The smallest absolute Gasteiger partial charge is 0.222 e. The zero-order chi connectivity index (χ0) is 24.6. The molecule has 0 aliphatic heterocycles. The summed E-state index contributed by atoms with van der Waals surface area (Å²) in [4.78, 5) is 0. The van der Waals surface area contributed by atoms with Crippen LogP contribution in [0.15, 0.2) is 91.5 Å². The van der Waals surface area contributed by atoms with Gasteiger partial charge in [-0.05, 0) is 53.3 Å². The van der Waals surface area contributed by atoms with Gasteiger partial charge in [-0.3, -0.25) is 0 Å². The van der Waals surface area contributed by atoms with Crippen LogP contribution in [0.3, 0.4) is 0 Å². The molecule has 3 aromatic rings. The lowest BCUT2D eigenvalue weighted by Crippen LogP contribution is -2.36. The van der Waals surface area contributed by atoms with Crippen LogP contribution in [0.1, 0.15) is 35.3 Å². The van der Waals surface area contributed by atoms with Gasteiger partial charge in [0.25, 0.3) is 0 Å². The first-order valence-electron chi connectivity index (χ1n) is 11.3. The van der Waals surface area contributed by atoms with Gasteiger partial charge in [-0.15, -0.1) is 6.58 Å². The van der Waals surface area contributed by atoms with Crippen LogP contribution in [-0.4, -0.2) is 26.9 Å². The van der Waals surface area contributed by atoms with E-state index in [2.05, 4.69) is 6.58 Å². The van der Waals surface area contributed by atoms with E-state index in [9.17, 15) is 8.42 Å². The van der Waals surface area contributed by atoms with Crippen LogP contribution in [-0.2, 0) is 23.1 Å². The van der Waals surface area contributed by atoms with Crippen molar-refractivity contribution in [2.45, 2.75) is 31.7 Å². The minimum Gasteiger partial charge on any atom is -0.497 e. The minimum absolute atomic E-state index is 0.140. The van der Waals surface area contributed by atoms with Crippen molar-refractivity contribution in [1.29, 1.82) is 0 Å². The Bertz CT molecular complexity index is 1090. The highest BCUT2D eigenvalue weighted by molar-refractivity contribution is 7.89. The van der Waals surface area contributed by atoms with Crippen molar-refractivity contribution in [3.8, 4) is 11.5 Å². The maximum absolute atomic E-state index is 14.2. The zero-order valence-electron chi connectivity index (χ0n) is 20.1. The highest BCUT2D eigenvalue weighted by Crippen LogP contribution is 2.36. The second kappa shape index (κ2) is 11.9. The first-order valence-corrected chi connectivity index (χ1v) is 12.8. The van der Waals surface area contributed by atoms with Crippen molar-refractivity contribution < 1.29 is 17.9 Å². The third kappa shape index (κ3) is 6.27. The molecule has 0 fully saturated rings. The molecule has 0 bridgehead atoms. The average molecular weight is 480 g/mol. The van der Waals surface area contributed by atoms with E-state index in [1.54, 1.807) is 24.6 Å². The topological polar surface area (TPSA) is 55.8 Å². The van der Waals surface area contributed by atoms with Crippen molar-refractivity contribution in [3.63, 3.8) is 0 Å². The summed E-state index contributed by atoms with van der Waals surface area (Å²) in [5, 5.41) is -0.691. The van der Waals surface area contributed by atoms with Crippen molar-refractivity contribution in [3.05, 3.63) is 108 Å². The molecule has 0 saturated carbocycles. The quantitative estimate of drug-likeness (QED) is 0.300. The molecule has 0 unspecified atom stereocenters. The second-order valence-electron chi connectivity index (χ2n) is 8.34. The highest BCUT2D eigenvalue weighted by Gasteiger charge is 2.37. The standard InChI is InChI=1S/C28H33NO4S/c1-5-9-22(2)28(25-10-7-6-8-11-25)34(30,31)29(20-23-12-16-26(32-3)17-13-23)21-24-14-18-27(33-4)19-15-24/h5-8,10-19,22,28H,1,9,20-21H2,2-4H3/t22-,28-/m0/s1. The van der Waals surface area contributed by atoms with Crippen LogP contribution in [0.25, 0.3) is 0 Å². The predicted octanol–water partition coefficient (Wildman–Crippen LogP) is 5.99. The average Bonchev–Trinajstić information content (AvgIpc) is 2.85. The summed E-state index contributed by atoms with van der Waals surface area (Å²) >= 11 is 0. The Hall–Kier alpha value is -3.09. The van der Waals surface area contributed by atoms with Gasteiger partial charge in [0.2, 0.25) is 10.0 Å². The lowest BCUT2D eigenvalue weighted by atomic mass is 9.97. The molecule has 5 nitrogen and oxygen atoms in total. The first kappa shape index (κ1) is 25.5. The summed E-state index contributed by atoms with van der Waals surface area (Å²) in [5.74, 6) is 1.32. The molecule has 0 radical (unpaired) electrons. The lowest BCUT2D eigenvalue weighted by molar-refractivity contribution is 0.379. The fourth-order valence-corrected chi connectivity index (χ4v) is 6.27. The Balaban J connectivity index is 2.03. The van der Waals surface area contributed by atoms with Crippen molar-refractivity contribution in [1.82, 2.24) is 4.31 Å². The number of ether oxygens (including phenoxy) is 2. The van der Waals surface area contributed by atoms with E-state index >= 15 is 0 Å². The molecular formula is C28H33NO4S. The summed E-state index contributed by atoms with van der Waals surface area (Å²) in [5.41, 5.74) is 2.56. The zero-order valence-corrected chi connectivity index (χ0v) is 20.9. The fraction of sp³-hybridized carbons (Fsp3) is 0.286. The van der Waals surface area contributed by atoms with Gasteiger partial charge < -0.3 is 9.47 Å². The van der Waals surface area contributed by atoms with Gasteiger partial charge >= 0.3 is 0 Å². The Morgan fingerprint density at radius 3 is 1.71 bits per heavy atom. The molecule has 0 amide bonds. The van der Waals surface area contributed by atoms with Gasteiger partial charge in [0.15, 0.2) is 0 Å². The van der Waals surface area contributed by atoms with E-state index in [1.165, 1.54) is 0 Å². The van der Waals surface area contributed by atoms with Gasteiger partial charge in [-0.2, -0.15) is 4.31 Å². The molecule has 3 aromatic carbocycles. The molecular weight excluding hydrogens is 446 g/mol. The molecule has 34 heavy (non-hydrogen) atoms. The van der Waals surface area contributed by atoms with E-state index in [0.717, 1.165) is 28.2 Å². The minimum atomic E-state index is -3.74. The lowest BCUT2D eigenvalue weighted by Gasteiger charge is -2.31. The third-order valence-corrected chi connectivity index (χ3v) is 8.26. The maximum Gasteiger partial charge on any atom is 0.222 e. The molecule has 0 aromatic heterocycles. The van der Waals surface area contributed by atoms with Crippen LogP contribution < -0.4 is 9.47 Å². The Labute approximate surface area is 203 Å². The summed E-state index contributed by atoms with van der Waals surface area (Å²) in [7, 11) is -0.518. The summed E-state index contributed by atoms with van der Waals surface area (Å²) in [6.07, 6.45) is 2.38. The largest absolute Gasteiger partial charge is 0.497 e. The molecule has 0 aliphatic rings.